The molecule has 7 nitrogen and oxygen atoms in total. The van der Waals surface area contributed by atoms with E-state index in [0.717, 1.165) is 27.9 Å². The lowest BCUT2D eigenvalue weighted by molar-refractivity contribution is 0.296. The Morgan fingerprint density at radius 3 is 2.14 bits per heavy atom. The van der Waals surface area contributed by atoms with Gasteiger partial charge < -0.3 is 24.1 Å². The molecule has 3 aromatic rings. The van der Waals surface area contributed by atoms with Gasteiger partial charge in [0.05, 0.1) is 39.6 Å². The van der Waals surface area contributed by atoms with Crippen LogP contribution in [0.5, 0.6) is 23.0 Å². The summed E-state index contributed by atoms with van der Waals surface area (Å²) < 4.78 is 21.7. The van der Waals surface area contributed by atoms with E-state index in [-0.39, 0.29) is 6.61 Å². The summed E-state index contributed by atoms with van der Waals surface area (Å²) in [6, 6.07) is 9.39. The Bertz CT molecular complexity index is 996. The van der Waals surface area contributed by atoms with Crippen molar-refractivity contribution in [1.29, 1.82) is 0 Å². The number of aliphatic hydroxyl groups is 1. The first-order valence-electron chi connectivity index (χ1n) is 9.05. The molecule has 0 atom stereocenters. The third-order valence-electron chi connectivity index (χ3n) is 4.37. The molecule has 0 aliphatic heterocycles. The predicted octanol–water partition coefficient (Wildman–Crippen LogP) is 3.81. The van der Waals surface area contributed by atoms with Crippen molar-refractivity contribution in [2.45, 2.75) is 11.6 Å². The SMILES string of the molecule is COc1ccc(-c2nc(SCCCO)nc3cc(OC)c(OC)cc23)cc1OC. The highest BCUT2D eigenvalue weighted by Gasteiger charge is 2.16. The number of nitrogens with zero attached hydrogens (tertiary/aromatic N) is 2. The zero-order chi connectivity index (χ0) is 20.8. The molecule has 0 amide bonds. The minimum Gasteiger partial charge on any atom is -0.493 e. The van der Waals surface area contributed by atoms with Crippen LogP contribution in [0.15, 0.2) is 35.5 Å². The van der Waals surface area contributed by atoms with Crippen molar-refractivity contribution in [1.82, 2.24) is 9.97 Å². The molecule has 154 valence electrons. The van der Waals surface area contributed by atoms with Crippen molar-refractivity contribution in [3.05, 3.63) is 30.3 Å². The third-order valence-corrected chi connectivity index (χ3v) is 5.30. The molecule has 0 saturated carbocycles. The van der Waals surface area contributed by atoms with E-state index >= 15 is 0 Å². The third kappa shape index (κ3) is 4.49. The van der Waals surface area contributed by atoms with Crippen LogP contribution in [-0.4, -0.2) is 55.9 Å². The highest BCUT2D eigenvalue weighted by molar-refractivity contribution is 7.99. The maximum atomic E-state index is 9.07. The Morgan fingerprint density at radius 1 is 0.828 bits per heavy atom. The lowest BCUT2D eigenvalue weighted by atomic mass is 10.1. The summed E-state index contributed by atoms with van der Waals surface area (Å²) in [5.41, 5.74) is 2.36. The highest BCUT2D eigenvalue weighted by Crippen LogP contribution is 2.39. The van der Waals surface area contributed by atoms with Crippen molar-refractivity contribution in [3.8, 4) is 34.3 Å². The van der Waals surface area contributed by atoms with Gasteiger partial charge in [-0.2, -0.15) is 0 Å². The van der Waals surface area contributed by atoms with Crippen LogP contribution in [0.2, 0.25) is 0 Å². The Kier molecular flexibility index (Phi) is 7.00. The quantitative estimate of drug-likeness (QED) is 0.320. The molecule has 0 spiro atoms. The van der Waals surface area contributed by atoms with E-state index in [1.54, 1.807) is 28.4 Å². The largest absolute Gasteiger partial charge is 0.493 e. The second kappa shape index (κ2) is 9.67. The summed E-state index contributed by atoms with van der Waals surface area (Å²) in [6.45, 7) is 0.133. The molecule has 0 bridgehead atoms. The van der Waals surface area contributed by atoms with Crippen LogP contribution in [0.25, 0.3) is 22.2 Å². The lowest BCUT2D eigenvalue weighted by Crippen LogP contribution is -1.98. The van der Waals surface area contributed by atoms with Gasteiger partial charge in [0, 0.05) is 29.4 Å². The summed E-state index contributed by atoms with van der Waals surface area (Å²) in [7, 11) is 6.39. The van der Waals surface area contributed by atoms with Gasteiger partial charge in [0.15, 0.2) is 28.2 Å². The van der Waals surface area contributed by atoms with Crippen LogP contribution in [-0.2, 0) is 0 Å². The Morgan fingerprint density at radius 2 is 1.48 bits per heavy atom. The van der Waals surface area contributed by atoms with Crippen LogP contribution >= 0.6 is 11.8 Å². The lowest BCUT2D eigenvalue weighted by Gasteiger charge is -2.14. The van der Waals surface area contributed by atoms with Crippen molar-refractivity contribution in [2.75, 3.05) is 40.8 Å². The van der Waals surface area contributed by atoms with Crippen molar-refractivity contribution in [3.63, 3.8) is 0 Å². The van der Waals surface area contributed by atoms with Gasteiger partial charge in [-0.05, 0) is 30.7 Å². The molecule has 1 aromatic heterocycles. The molecule has 3 rings (SSSR count). The van der Waals surface area contributed by atoms with Gasteiger partial charge in [0.2, 0.25) is 0 Å². The van der Waals surface area contributed by atoms with Crippen LogP contribution in [0.1, 0.15) is 6.42 Å². The van der Waals surface area contributed by atoms with Crippen molar-refractivity contribution < 1.29 is 24.1 Å². The fourth-order valence-corrected chi connectivity index (χ4v) is 3.71. The van der Waals surface area contributed by atoms with Crippen LogP contribution in [0.4, 0.5) is 0 Å². The number of hydrogen-bond donors (Lipinski definition) is 1. The summed E-state index contributed by atoms with van der Waals surface area (Å²) in [5.74, 6) is 3.19. The molecule has 2 aromatic carbocycles. The molecule has 8 heteroatoms. The van der Waals surface area contributed by atoms with Crippen LogP contribution in [0.3, 0.4) is 0 Å². The molecule has 0 fully saturated rings. The van der Waals surface area contributed by atoms with Gasteiger partial charge >= 0.3 is 0 Å². The van der Waals surface area contributed by atoms with Crippen molar-refractivity contribution in [2.24, 2.45) is 0 Å². The van der Waals surface area contributed by atoms with Gasteiger partial charge in [-0.15, -0.1) is 0 Å². The summed E-state index contributed by atoms with van der Waals surface area (Å²) in [5, 5.41) is 10.5. The number of ether oxygens (including phenoxy) is 4. The van der Waals surface area contributed by atoms with E-state index in [0.29, 0.717) is 34.6 Å². The summed E-state index contributed by atoms with van der Waals surface area (Å²) >= 11 is 1.50. The number of methoxy groups -OCH3 is 4. The zero-order valence-electron chi connectivity index (χ0n) is 16.9. The van der Waals surface area contributed by atoms with Gasteiger partial charge in [-0.3, -0.25) is 0 Å². The number of thioether (sulfide) groups is 1. The summed E-state index contributed by atoms with van der Waals surface area (Å²) in [4.78, 5) is 9.45. The topological polar surface area (TPSA) is 82.9 Å². The molecule has 0 saturated heterocycles. The van der Waals surface area contributed by atoms with Crippen LogP contribution in [0, 0.1) is 0 Å². The number of fused-ring (bicyclic) bond motifs is 1. The molecule has 1 heterocycles. The fraction of sp³-hybridized carbons (Fsp3) is 0.333. The van der Waals surface area contributed by atoms with Gasteiger partial charge in [-0.1, -0.05) is 11.8 Å². The molecule has 0 radical (unpaired) electrons. The summed E-state index contributed by atoms with van der Waals surface area (Å²) in [6.07, 6.45) is 0.670. The minimum absolute atomic E-state index is 0.133. The molecule has 0 aliphatic carbocycles. The van der Waals surface area contributed by atoms with Gasteiger partial charge in [0.25, 0.3) is 0 Å². The van der Waals surface area contributed by atoms with Crippen LogP contribution < -0.4 is 18.9 Å². The number of rotatable bonds is 9. The predicted molar refractivity (Wildman–Crippen MR) is 114 cm³/mol. The average molecular weight is 416 g/mol. The molecule has 1 N–H and O–H groups in total. The molecule has 0 unspecified atom stereocenters. The van der Waals surface area contributed by atoms with Crippen molar-refractivity contribution >= 4 is 22.7 Å². The van der Waals surface area contributed by atoms with E-state index < -0.39 is 0 Å². The molecule has 29 heavy (non-hydrogen) atoms. The van der Waals surface area contributed by atoms with Gasteiger partial charge in [0.1, 0.15) is 0 Å². The Labute approximate surface area is 174 Å². The zero-order valence-corrected chi connectivity index (χ0v) is 17.7. The first kappa shape index (κ1) is 21.0. The Balaban J connectivity index is 2.21. The maximum absolute atomic E-state index is 9.07. The first-order chi connectivity index (χ1) is 14.1. The minimum atomic E-state index is 0.133. The molecular formula is C21H24N2O5S. The number of hydrogen-bond acceptors (Lipinski definition) is 8. The second-order valence-corrected chi connectivity index (χ2v) is 7.14. The Hall–Kier alpha value is -2.71. The number of aromatic nitrogens is 2. The number of aliphatic hydroxyl groups excluding tert-OH is 1. The normalized spacial score (nSPS) is 10.8. The first-order valence-corrected chi connectivity index (χ1v) is 10.0. The second-order valence-electron chi connectivity index (χ2n) is 6.07. The van der Waals surface area contributed by atoms with Gasteiger partial charge in [-0.25, -0.2) is 9.97 Å². The average Bonchev–Trinajstić information content (AvgIpc) is 2.77. The molecule has 0 aliphatic rings. The van der Waals surface area contributed by atoms with E-state index in [4.69, 9.17) is 29.0 Å². The fourth-order valence-electron chi connectivity index (χ4n) is 2.93. The van der Waals surface area contributed by atoms with E-state index in [9.17, 15) is 0 Å². The van der Waals surface area contributed by atoms with E-state index in [2.05, 4.69) is 4.98 Å². The molecular weight excluding hydrogens is 392 g/mol. The van der Waals surface area contributed by atoms with E-state index in [1.165, 1.54) is 11.8 Å². The standard InChI is InChI=1S/C21H24N2O5S/c1-25-16-7-6-13(10-17(16)26-2)20-14-11-18(27-3)19(28-4)12-15(14)22-21(23-20)29-9-5-8-24/h6-7,10-12,24H,5,8-9H2,1-4H3. The maximum Gasteiger partial charge on any atom is 0.188 e. The highest BCUT2D eigenvalue weighted by atomic mass is 32.2. The smallest absolute Gasteiger partial charge is 0.188 e. The number of benzene rings is 2. The monoisotopic (exact) mass is 416 g/mol. The van der Waals surface area contributed by atoms with E-state index in [1.807, 2.05) is 30.3 Å².